The van der Waals surface area contributed by atoms with Crippen molar-refractivity contribution in [1.82, 2.24) is 0 Å². The second-order valence-corrected chi connectivity index (χ2v) is 3.12. The molecule has 1 aromatic carbocycles. The maximum Gasteiger partial charge on any atom is 0.125 e. The summed E-state index contributed by atoms with van der Waals surface area (Å²) in [5, 5.41) is 7.14. The molecule has 0 aliphatic heterocycles. The van der Waals surface area contributed by atoms with Crippen molar-refractivity contribution in [3.63, 3.8) is 0 Å². The number of rotatable bonds is 3. The third kappa shape index (κ3) is 2.22. The fourth-order valence-corrected chi connectivity index (χ4v) is 1.43. The molecule has 0 aromatic heterocycles. The average Bonchev–Trinajstić information content (AvgIpc) is 2.01. The molecule has 0 amide bonds. The molecular formula is C10H13FN2O. The van der Waals surface area contributed by atoms with Crippen LogP contribution in [0.1, 0.15) is 11.1 Å². The van der Waals surface area contributed by atoms with Crippen LogP contribution in [0.25, 0.3) is 0 Å². The van der Waals surface area contributed by atoms with Gasteiger partial charge in [-0.3, -0.25) is 5.41 Å². The van der Waals surface area contributed by atoms with Crippen LogP contribution >= 0.6 is 0 Å². The fraction of sp³-hybridized carbons (Fsp3) is 0.300. The van der Waals surface area contributed by atoms with Crippen LogP contribution in [0.3, 0.4) is 0 Å². The Kier molecular flexibility index (Phi) is 3.06. The zero-order valence-corrected chi connectivity index (χ0v) is 8.23. The predicted octanol–water partition coefficient (Wildman–Crippen LogP) is 1.62. The smallest absolute Gasteiger partial charge is 0.125 e. The summed E-state index contributed by atoms with van der Waals surface area (Å²) in [5.41, 5.74) is 6.57. The van der Waals surface area contributed by atoms with E-state index >= 15 is 0 Å². The lowest BCUT2D eigenvalue weighted by Crippen LogP contribution is -2.13. The Bertz CT molecular complexity index is 363. The van der Waals surface area contributed by atoms with Gasteiger partial charge in [-0.15, -0.1) is 0 Å². The minimum Gasteiger partial charge on any atom is -0.496 e. The molecule has 0 aliphatic rings. The minimum absolute atomic E-state index is 0.00620. The first-order valence-corrected chi connectivity index (χ1v) is 4.20. The van der Waals surface area contributed by atoms with Gasteiger partial charge in [0.2, 0.25) is 0 Å². The zero-order valence-electron chi connectivity index (χ0n) is 8.23. The Morgan fingerprint density at radius 2 is 2.21 bits per heavy atom. The van der Waals surface area contributed by atoms with Gasteiger partial charge in [0.1, 0.15) is 11.6 Å². The normalized spacial score (nSPS) is 9.93. The number of amidine groups is 1. The summed E-state index contributed by atoms with van der Waals surface area (Å²) in [6, 6.07) is 2.73. The predicted molar refractivity (Wildman–Crippen MR) is 53.3 cm³/mol. The molecule has 4 heteroatoms. The fourth-order valence-electron chi connectivity index (χ4n) is 1.43. The quantitative estimate of drug-likeness (QED) is 0.570. The van der Waals surface area contributed by atoms with Crippen LogP contribution < -0.4 is 10.5 Å². The molecule has 0 radical (unpaired) electrons. The summed E-state index contributed by atoms with van der Waals surface area (Å²) < 4.78 is 18.1. The highest BCUT2D eigenvalue weighted by molar-refractivity contribution is 5.80. The van der Waals surface area contributed by atoms with E-state index in [-0.39, 0.29) is 18.1 Å². The summed E-state index contributed by atoms with van der Waals surface area (Å²) in [7, 11) is 1.52. The van der Waals surface area contributed by atoms with E-state index in [0.29, 0.717) is 16.9 Å². The van der Waals surface area contributed by atoms with Gasteiger partial charge in [-0.05, 0) is 24.6 Å². The molecule has 0 spiro atoms. The monoisotopic (exact) mass is 196 g/mol. The number of nitrogens with one attached hydrogen (secondary N) is 1. The summed E-state index contributed by atoms with van der Waals surface area (Å²) in [6.45, 7) is 1.76. The maximum absolute atomic E-state index is 13.0. The van der Waals surface area contributed by atoms with E-state index in [0.717, 1.165) is 0 Å². The number of hydrogen-bond acceptors (Lipinski definition) is 2. The van der Waals surface area contributed by atoms with Crippen molar-refractivity contribution in [3.8, 4) is 5.75 Å². The van der Waals surface area contributed by atoms with Gasteiger partial charge < -0.3 is 10.5 Å². The van der Waals surface area contributed by atoms with Crippen LogP contribution in [-0.2, 0) is 6.42 Å². The van der Waals surface area contributed by atoms with E-state index in [9.17, 15) is 4.39 Å². The molecule has 0 heterocycles. The number of aryl methyl sites for hydroxylation is 1. The van der Waals surface area contributed by atoms with Gasteiger partial charge in [0.05, 0.1) is 12.9 Å². The summed E-state index contributed by atoms with van der Waals surface area (Å²) >= 11 is 0. The van der Waals surface area contributed by atoms with E-state index in [1.54, 1.807) is 6.92 Å². The van der Waals surface area contributed by atoms with Gasteiger partial charge in [0.25, 0.3) is 0 Å². The Labute approximate surface area is 82.2 Å². The van der Waals surface area contributed by atoms with Crippen LogP contribution in [0, 0.1) is 18.2 Å². The SMILES string of the molecule is COc1c(C)cc(F)cc1CC(=N)N. The number of ether oxygens (including phenoxy) is 1. The highest BCUT2D eigenvalue weighted by Gasteiger charge is 2.09. The van der Waals surface area contributed by atoms with Gasteiger partial charge in [0.15, 0.2) is 0 Å². The van der Waals surface area contributed by atoms with Crippen molar-refractivity contribution in [1.29, 1.82) is 5.41 Å². The molecule has 0 saturated heterocycles. The van der Waals surface area contributed by atoms with Gasteiger partial charge in [-0.25, -0.2) is 4.39 Å². The Morgan fingerprint density at radius 3 is 2.71 bits per heavy atom. The van der Waals surface area contributed by atoms with E-state index in [1.807, 2.05) is 0 Å². The standard InChI is InChI=1S/C10H13FN2O/c1-6-3-8(11)4-7(5-9(12)13)10(6)14-2/h3-4H,5H2,1-2H3,(H3,12,13). The molecule has 1 aromatic rings. The van der Waals surface area contributed by atoms with Gasteiger partial charge >= 0.3 is 0 Å². The van der Waals surface area contributed by atoms with E-state index in [4.69, 9.17) is 15.9 Å². The van der Waals surface area contributed by atoms with Gasteiger partial charge in [0, 0.05) is 12.0 Å². The van der Waals surface area contributed by atoms with Crippen LogP contribution in [-0.4, -0.2) is 12.9 Å². The van der Waals surface area contributed by atoms with Crippen molar-refractivity contribution in [2.24, 2.45) is 5.73 Å². The van der Waals surface area contributed by atoms with E-state index in [2.05, 4.69) is 0 Å². The first-order chi connectivity index (χ1) is 6.54. The molecule has 1 rings (SSSR count). The molecular weight excluding hydrogens is 183 g/mol. The Balaban J connectivity index is 3.17. The largest absolute Gasteiger partial charge is 0.496 e. The van der Waals surface area contributed by atoms with Crippen LogP contribution in [0.2, 0.25) is 0 Å². The first kappa shape index (κ1) is 10.5. The highest BCUT2D eigenvalue weighted by atomic mass is 19.1. The van der Waals surface area contributed by atoms with E-state index < -0.39 is 0 Å². The average molecular weight is 196 g/mol. The highest BCUT2D eigenvalue weighted by Crippen LogP contribution is 2.24. The maximum atomic E-state index is 13.0. The topological polar surface area (TPSA) is 59.1 Å². The lowest BCUT2D eigenvalue weighted by Gasteiger charge is -2.10. The lowest BCUT2D eigenvalue weighted by molar-refractivity contribution is 0.406. The molecule has 14 heavy (non-hydrogen) atoms. The molecule has 0 aliphatic carbocycles. The van der Waals surface area contributed by atoms with Crippen molar-refractivity contribution < 1.29 is 9.13 Å². The molecule has 0 bridgehead atoms. The Morgan fingerprint density at radius 1 is 1.57 bits per heavy atom. The number of benzene rings is 1. The third-order valence-electron chi connectivity index (χ3n) is 1.90. The third-order valence-corrected chi connectivity index (χ3v) is 1.90. The molecule has 0 unspecified atom stereocenters. The molecule has 3 N–H and O–H groups in total. The Hall–Kier alpha value is -1.58. The molecule has 0 atom stereocenters. The summed E-state index contributed by atoms with van der Waals surface area (Å²) in [5.74, 6) is 0.259. The summed E-state index contributed by atoms with van der Waals surface area (Å²) in [6.07, 6.45) is 0.210. The van der Waals surface area contributed by atoms with Gasteiger partial charge in [-0.2, -0.15) is 0 Å². The molecule has 0 saturated carbocycles. The molecule has 0 fully saturated rings. The number of halogens is 1. The number of nitrogens with two attached hydrogens (primary N) is 1. The van der Waals surface area contributed by atoms with Crippen LogP contribution in [0.5, 0.6) is 5.75 Å². The van der Waals surface area contributed by atoms with E-state index in [1.165, 1.54) is 19.2 Å². The number of methoxy groups -OCH3 is 1. The number of hydrogen-bond donors (Lipinski definition) is 2. The van der Waals surface area contributed by atoms with Gasteiger partial charge in [-0.1, -0.05) is 0 Å². The first-order valence-electron chi connectivity index (χ1n) is 4.20. The van der Waals surface area contributed by atoms with Crippen molar-refractivity contribution in [2.75, 3.05) is 7.11 Å². The van der Waals surface area contributed by atoms with Crippen molar-refractivity contribution >= 4 is 5.84 Å². The zero-order chi connectivity index (χ0) is 10.7. The summed E-state index contributed by atoms with van der Waals surface area (Å²) in [4.78, 5) is 0. The molecule has 76 valence electrons. The lowest BCUT2D eigenvalue weighted by atomic mass is 10.1. The van der Waals surface area contributed by atoms with Crippen LogP contribution in [0.4, 0.5) is 4.39 Å². The van der Waals surface area contributed by atoms with Crippen molar-refractivity contribution in [2.45, 2.75) is 13.3 Å². The second kappa shape index (κ2) is 4.09. The van der Waals surface area contributed by atoms with Crippen molar-refractivity contribution in [3.05, 3.63) is 29.1 Å². The molecule has 3 nitrogen and oxygen atoms in total. The van der Waals surface area contributed by atoms with Crippen LogP contribution in [0.15, 0.2) is 12.1 Å². The second-order valence-electron chi connectivity index (χ2n) is 3.12. The minimum atomic E-state index is -0.334.